The number of anilines is 2. The molecule has 0 heterocycles. The zero-order chi connectivity index (χ0) is 22.4. The van der Waals surface area contributed by atoms with E-state index in [1.165, 1.54) is 0 Å². The molecule has 0 fully saturated rings. The molecule has 0 aliphatic heterocycles. The predicted octanol–water partition coefficient (Wildman–Crippen LogP) is 5.72. The Morgan fingerprint density at radius 1 is 0.903 bits per heavy atom. The second-order valence-electron chi connectivity index (χ2n) is 7.13. The summed E-state index contributed by atoms with van der Waals surface area (Å²) in [7, 11) is 0. The molecule has 0 saturated carbocycles. The van der Waals surface area contributed by atoms with Crippen molar-refractivity contribution in [2.45, 2.75) is 26.0 Å². The lowest BCUT2D eigenvalue weighted by Gasteiger charge is -2.18. The number of benzene rings is 3. The third-order valence-electron chi connectivity index (χ3n) is 4.84. The molecule has 0 aromatic heterocycles. The van der Waals surface area contributed by atoms with Gasteiger partial charge in [-0.15, -0.1) is 0 Å². The molecule has 3 aromatic carbocycles. The largest absolute Gasteiger partial charge is 0.442 e. The van der Waals surface area contributed by atoms with E-state index in [0.29, 0.717) is 22.0 Å². The van der Waals surface area contributed by atoms with Gasteiger partial charge in [-0.05, 0) is 61.4 Å². The first kappa shape index (κ1) is 22.2. The van der Waals surface area contributed by atoms with Gasteiger partial charge >= 0.3 is 6.09 Å². The highest BCUT2D eigenvalue weighted by Crippen LogP contribution is 2.21. The summed E-state index contributed by atoms with van der Waals surface area (Å²) in [6, 6.07) is 20.9. The van der Waals surface area contributed by atoms with Crippen molar-refractivity contribution < 1.29 is 14.3 Å². The Morgan fingerprint density at radius 3 is 2.16 bits per heavy atom. The lowest BCUT2D eigenvalue weighted by Crippen LogP contribution is -2.28. The molecule has 4 N–H and O–H groups in total. The van der Waals surface area contributed by atoms with Gasteiger partial charge in [-0.2, -0.15) is 0 Å². The number of nitrogen functional groups attached to an aromatic ring is 1. The molecule has 6 nitrogen and oxygen atoms in total. The standard InChI is InChI=1S/C24H24ClN3O3/c1-15(27-24(30)31-16(2)18-11-13-20(25)14-12-18)17-7-9-19(10-8-17)23(29)28-22-6-4-3-5-21(22)26/h3-16H,26H2,1-2H3,(H,27,30)(H,28,29)/t15-,16+/m1/s1. The number of ether oxygens (including phenoxy) is 1. The number of hydrogen-bond donors (Lipinski definition) is 3. The van der Waals surface area contributed by atoms with Crippen LogP contribution in [-0.4, -0.2) is 12.0 Å². The Labute approximate surface area is 186 Å². The zero-order valence-corrected chi connectivity index (χ0v) is 18.0. The van der Waals surface area contributed by atoms with Crippen molar-refractivity contribution in [2.24, 2.45) is 0 Å². The lowest BCUT2D eigenvalue weighted by atomic mass is 10.1. The highest BCUT2D eigenvalue weighted by Gasteiger charge is 2.16. The highest BCUT2D eigenvalue weighted by molar-refractivity contribution is 6.30. The average Bonchev–Trinajstić information content (AvgIpc) is 2.75. The molecule has 0 aliphatic rings. The SMILES string of the molecule is C[C@H](OC(=O)N[C@H](C)c1ccc(C(=O)Nc2ccccc2N)cc1)c1ccc(Cl)cc1. The molecule has 7 heteroatoms. The van der Waals surface area contributed by atoms with Crippen molar-refractivity contribution in [3.8, 4) is 0 Å². The Kier molecular flexibility index (Phi) is 7.15. The summed E-state index contributed by atoms with van der Waals surface area (Å²) < 4.78 is 5.44. The van der Waals surface area contributed by atoms with Gasteiger partial charge in [0.25, 0.3) is 5.91 Å². The van der Waals surface area contributed by atoms with Crippen LogP contribution in [0.25, 0.3) is 0 Å². The first-order valence-corrected chi connectivity index (χ1v) is 10.2. The van der Waals surface area contributed by atoms with Crippen LogP contribution >= 0.6 is 11.6 Å². The van der Waals surface area contributed by atoms with Crippen molar-refractivity contribution in [1.82, 2.24) is 5.32 Å². The minimum Gasteiger partial charge on any atom is -0.442 e. The number of para-hydroxylation sites is 2. The minimum atomic E-state index is -0.531. The molecule has 0 spiro atoms. The second-order valence-corrected chi connectivity index (χ2v) is 7.56. The zero-order valence-electron chi connectivity index (χ0n) is 17.3. The quantitative estimate of drug-likeness (QED) is 0.430. The number of carbonyl (C=O) groups is 2. The maximum absolute atomic E-state index is 12.4. The minimum absolute atomic E-state index is 0.263. The monoisotopic (exact) mass is 437 g/mol. The van der Waals surface area contributed by atoms with E-state index in [1.807, 2.05) is 19.1 Å². The van der Waals surface area contributed by atoms with Crippen LogP contribution in [0.4, 0.5) is 16.2 Å². The summed E-state index contributed by atoms with van der Waals surface area (Å²) in [6.07, 6.45) is -0.947. The van der Waals surface area contributed by atoms with E-state index in [0.717, 1.165) is 11.1 Å². The summed E-state index contributed by atoms with van der Waals surface area (Å²) in [4.78, 5) is 24.7. The Balaban J connectivity index is 1.56. The van der Waals surface area contributed by atoms with Crippen molar-refractivity contribution >= 4 is 35.0 Å². The molecule has 0 saturated heterocycles. The summed E-state index contributed by atoms with van der Waals surface area (Å²) in [5.41, 5.74) is 9.09. The van der Waals surface area contributed by atoms with Crippen LogP contribution in [0.3, 0.4) is 0 Å². The number of alkyl carbamates (subject to hydrolysis) is 1. The third-order valence-corrected chi connectivity index (χ3v) is 5.09. The number of halogens is 1. The molecular formula is C24H24ClN3O3. The maximum Gasteiger partial charge on any atom is 0.408 e. The number of carbonyl (C=O) groups excluding carboxylic acids is 2. The van der Waals surface area contributed by atoms with E-state index in [9.17, 15) is 9.59 Å². The predicted molar refractivity (Wildman–Crippen MR) is 123 cm³/mol. The van der Waals surface area contributed by atoms with Gasteiger partial charge in [0.1, 0.15) is 6.10 Å². The Morgan fingerprint density at radius 2 is 1.52 bits per heavy atom. The van der Waals surface area contributed by atoms with E-state index >= 15 is 0 Å². The molecule has 0 bridgehead atoms. The van der Waals surface area contributed by atoms with Crippen LogP contribution in [0, 0.1) is 0 Å². The summed E-state index contributed by atoms with van der Waals surface area (Å²) in [5, 5.41) is 6.21. The normalized spacial score (nSPS) is 12.5. The number of hydrogen-bond acceptors (Lipinski definition) is 4. The van der Waals surface area contributed by atoms with Gasteiger partial charge in [0, 0.05) is 10.6 Å². The van der Waals surface area contributed by atoms with Gasteiger partial charge in [0.2, 0.25) is 0 Å². The molecule has 3 rings (SSSR count). The van der Waals surface area contributed by atoms with Gasteiger partial charge in [-0.3, -0.25) is 4.79 Å². The summed E-state index contributed by atoms with van der Waals surface area (Å²) in [6.45, 7) is 3.63. The van der Waals surface area contributed by atoms with Crippen LogP contribution < -0.4 is 16.4 Å². The summed E-state index contributed by atoms with van der Waals surface area (Å²) in [5.74, 6) is -0.263. The molecule has 160 valence electrons. The summed E-state index contributed by atoms with van der Waals surface area (Å²) >= 11 is 5.89. The van der Waals surface area contributed by atoms with Crippen LogP contribution in [-0.2, 0) is 4.74 Å². The van der Waals surface area contributed by atoms with Crippen LogP contribution in [0.5, 0.6) is 0 Å². The van der Waals surface area contributed by atoms with Crippen molar-refractivity contribution in [3.63, 3.8) is 0 Å². The highest BCUT2D eigenvalue weighted by atomic mass is 35.5. The number of amides is 2. The fourth-order valence-electron chi connectivity index (χ4n) is 2.99. The second kappa shape index (κ2) is 10.00. The van der Waals surface area contributed by atoms with Crippen molar-refractivity contribution in [2.75, 3.05) is 11.1 Å². The molecule has 31 heavy (non-hydrogen) atoms. The molecule has 2 amide bonds. The number of rotatable bonds is 6. The molecule has 0 unspecified atom stereocenters. The van der Waals surface area contributed by atoms with Gasteiger partial charge in [-0.25, -0.2) is 4.79 Å². The Hall–Kier alpha value is -3.51. The number of nitrogens with one attached hydrogen (secondary N) is 2. The molecular weight excluding hydrogens is 414 g/mol. The van der Waals surface area contributed by atoms with Crippen LogP contribution in [0.1, 0.15) is 47.5 Å². The van der Waals surface area contributed by atoms with Gasteiger partial charge in [0.05, 0.1) is 17.4 Å². The first-order valence-electron chi connectivity index (χ1n) is 9.82. The van der Waals surface area contributed by atoms with Gasteiger partial charge < -0.3 is 21.1 Å². The lowest BCUT2D eigenvalue weighted by molar-refractivity contribution is 0.102. The smallest absolute Gasteiger partial charge is 0.408 e. The van der Waals surface area contributed by atoms with E-state index < -0.39 is 12.2 Å². The van der Waals surface area contributed by atoms with Crippen molar-refractivity contribution in [3.05, 3.63) is 94.5 Å². The first-order chi connectivity index (χ1) is 14.8. The third kappa shape index (κ3) is 5.99. The van der Waals surface area contributed by atoms with E-state index in [4.69, 9.17) is 22.1 Å². The van der Waals surface area contributed by atoms with E-state index in [-0.39, 0.29) is 11.9 Å². The molecule has 0 radical (unpaired) electrons. The fourth-order valence-corrected chi connectivity index (χ4v) is 3.11. The van der Waals surface area contributed by atoms with Crippen LogP contribution in [0.2, 0.25) is 5.02 Å². The Bertz CT molecular complexity index is 1050. The number of nitrogens with two attached hydrogens (primary N) is 1. The average molecular weight is 438 g/mol. The topological polar surface area (TPSA) is 93.4 Å². The molecule has 0 aliphatic carbocycles. The maximum atomic E-state index is 12.4. The van der Waals surface area contributed by atoms with Crippen molar-refractivity contribution in [1.29, 1.82) is 0 Å². The van der Waals surface area contributed by atoms with E-state index in [2.05, 4.69) is 10.6 Å². The fraction of sp³-hybridized carbons (Fsp3) is 0.167. The van der Waals surface area contributed by atoms with Gasteiger partial charge in [0.15, 0.2) is 0 Å². The van der Waals surface area contributed by atoms with Crippen LogP contribution in [0.15, 0.2) is 72.8 Å². The molecule has 3 aromatic rings. The van der Waals surface area contributed by atoms with E-state index in [1.54, 1.807) is 67.6 Å². The van der Waals surface area contributed by atoms with Gasteiger partial charge in [-0.1, -0.05) is 48.0 Å². The molecule has 2 atom stereocenters.